The van der Waals surface area contributed by atoms with Crippen LogP contribution in [0, 0.1) is 0 Å². The number of amides is 1. The van der Waals surface area contributed by atoms with Crippen molar-refractivity contribution in [1.29, 1.82) is 0 Å². The first-order valence-corrected chi connectivity index (χ1v) is 9.20. The van der Waals surface area contributed by atoms with Gasteiger partial charge in [0.25, 0.3) is 5.91 Å². The molecule has 1 saturated heterocycles. The van der Waals surface area contributed by atoms with Gasteiger partial charge < -0.3 is 10.2 Å². The van der Waals surface area contributed by atoms with E-state index in [1.165, 1.54) is 19.3 Å². The molecule has 1 fully saturated rings. The van der Waals surface area contributed by atoms with Crippen LogP contribution in [0.1, 0.15) is 29.6 Å². The summed E-state index contributed by atoms with van der Waals surface area (Å²) in [6.45, 7) is 2.11. The van der Waals surface area contributed by atoms with Crippen molar-refractivity contribution in [3.8, 4) is 11.3 Å². The molecule has 27 heavy (non-hydrogen) atoms. The Balaban J connectivity index is 1.43. The third-order valence-electron chi connectivity index (χ3n) is 4.69. The van der Waals surface area contributed by atoms with Gasteiger partial charge >= 0.3 is 0 Å². The summed E-state index contributed by atoms with van der Waals surface area (Å²) < 4.78 is 0. The maximum absolute atomic E-state index is 12.2. The summed E-state index contributed by atoms with van der Waals surface area (Å²) in [6.07, 6.45) is 6.92. The lowest BCUT2D eigenvalue weighted by Gasteiger charge is -2.27. The molecule has 0 aliphatic carbocycles. The number of hydrogen-bond donors (Lipinski definition) is 1. The summed E-state index contributed by atoms with van der Waals surface area (Å²) in [5.74, 6) is 0.764. The van der Waals surface area contributed by atoms with E-state index in [4.69, 9.17) is 0 Å². The molecular formula is C21H21N5O. The van der Waals surface area contributed by atoms with Gasteiger partial charge in [-0.1, -0.05) is 12.1 Å². The van der Waals surface area contributed by atoms with Gasteiger partial charge in [0, 0.05) is 36.7 Å². The van der Waals surface area contributed by atoms with E-state index in [2.05, 4.69) is 25.4 Å². The van der Waals surface area contributed by atoms with Gasteiger partial charge in [0.15, 0.2) is 5.82 Å². The molecule has 4 rings (SSSR count). The molecule has 6 nitrogen and oxygen atoms in total. The predicted octanol–water partition coefficient (Wildman–Crippen LogP) is 3.78. The summed E-state index contributed by atoms with van der Waals surface area (Å²) in [4.78, 5) is 18.4. The molecule has 0 saturated carbocycles. The topological polar surface area (TPSA) is 71.0 Å². The van der Waals surface area contributed by atoms with E-state index in [-0.39, 0.29) is 5.91 Å². The Hall–Kier alpha value is -3.28. The zero-order valence-corrected chi connectivity index (χ0v) is 15.0. The van der Waals surface area contributed by atoms with Crippen molar-refractivity contribution in [3.05, 3.63) is 66.5 Å². The van der Waals surface area contributed by atoms with E-state index in [9.17, 15) is 4.79 Å². The molecule has 0 bridgehead atoms. The van der Waals surface area contributed by atoms with E-state index in [1.807, 2.05) is 36.4 Å². The van der Waals surface area contributed by atoms with Crippen molar-refractivity contribution < 1.29 is 4.79 Å². The zero-order valence-electron chi connectivity index (χ0n) is 15.0. The Bertz CT molecular complexity index is 888. The normalized spacial score (nSPS) is 14.0. The van der Waals surface area contributed by atoms with Crippen LogP contribution in [0.5, 0.6) is 0 Å². The van der Waals surface area contributed by atoms with Crippen LogP contribution in [0.25, 0.3) is 11.3 Å². The number of nitrogens with zero attached hydrogens (tertiary/aromatic N) is 4. The Morgan fingerprint density at radius 3 is 2.41 bits per heavy atom. The molecule has 0 spiro atoms. The lowest BCUT2D eigenvalue weighted by Crippen LogP contribution is -2.30. The maximum Gasteiger partial charge on any atom is 0.257 e. The summed E-state index contributed by atoms with van der Waals surface area (Å²) >= 11 is 0. The predicted molar refractivity (Wildman–Crippen MR) is 106 cm³/mol. The highest BCUT2D eigenvalue weighted by Crippen LogP contribution is 2.22. The molecule has 1 aliphatic heterocycles. The van der Waals surface area contributed by atoms with Crippen LogP contribution in [0.15, 0.2) is 60.9 Å². The quantitative estimate of drug-likeness (QED) is 0.767. The highest BCUT2D eigenvalue weighted by atomic mass is 16.1. The average Bonchev–Trinajstić information content (AvgIpc) is 2.76. The number of hydrogen-bond acceptors (Lipinski definition) is 5. The molecule has 0 atom stereocenters. The van der Waals surface area contributed by atoms with Crippen LogP contribution in [-0.2, 0) is 0 Å². The average molecular weight is 359 g/mol. The minimum atomic E-state index is -0.179. The number of pyridine rings is 1. The second-order valence-electron chi connectivity index (χ2n) is 6.60. The summed E-state index contributed by atoms with van der Waals surface area (Å²) in [7, 11) is 0. The van der Waals surface area contributed by atoms with Crippen molar-refractivity contribution in [1.82, 2.24) is 15.2 Å². The van der Waals surface area contributed by atoms with Crippen LogP contribution < -0.4 is 10.2 Å². The number of benzene rings is 1. The molecule has 1 N–H and O–H groups in total. The van der Waals surface area contributed by atoms with Crippen LogP contribution >= 0.6 is 0 Å². The van der Waals surface area contributed by atoms with Gasteiger partial charge in [-0.25, -0.2) is 0 Å². The number of aromatic nitrogens is 3. The van der Waals surface area contributed by atoms with Crippen molar-refractivity contribution in [2.24, 2.45) is 0 Å². The standard InChI is InChI=1S/C21H21N5O/c27-21(17-5-4-12-22-15-17)23-18-8-6-16(7-9-18)19-10-11-20(25-24-19)26-13-2-1-3-14-26/h4-12,15H,1-3,13-14H2,(H,23,27). The van der Waals surface area contributed by atoms with Crippen LogP contribution in [0.3, 0.4) is 0 Å². The molecule has 0 radical (unpaired) electrons. The fraction of sp³-hybridized carbons (Fsp3) is 0.238. The number of piperidine rings is 1. The van der Waals surface area contributed by atoms with Crippen molar-refractivity contribution in [2.75, 3.05) is 23.3 Å². The van der Waals surface area contributed by atoms with Crippen LogP contribution in [0.4, 0.5) is 11.5 Å². The molecule has 3 aromatic rings. The highest BCUT2D eigenvalue weighted by Gasteiger charge is 2.13. The summed E-state index contributed by atoms with van der Waals surface area (Å²) in [5, 5.41) is 11.6. The molecule has 1 aromatic carbocycles. The van der Waals surface area contributed by atoms with Gasteiger partial charge in [0.2, 0.25) is 0 Å². The second-order valence-corrected chi connectivity index (χ2v) is 6.60. The summed E-state index contributed by atoms with van der Waals surface area (Å²) in [6, 6.07) is 15.1. The third kappa shape index (κ3) is 4.11. The number of carbonyl (C=O) groups is 1. The monoisotopic (exact) mass is 359 g/mol. The minimum Gasteiger partial charge on any atom is -0.355 e. The maximum atomic E-state index is 12.2. The minimum absolute atomic E-state index is 0.179. The van der Waals surface area contributed by atoms with Gasteiger partial charge in [-0.05, 0) is 55.7 Å². The van der Waals surface area contributed by atoms with E-state index in [1.54, 1.807) is 24.5 Å². The Kier molecular flexibility index (Phi) is 5.05. The van der Waals surface area contributed by atoms with Crippen molar-refractivity contribution >= 4 is 17.4 Å². The smallest absolute Gasteiger partial charge is 0.257 e. The first-order chi connectivity index (χ1) is 13.3. The fourth-order valence-corrected chi connectivity index (χ4v) is 3.20. The van der Waals surface area contributed by atoms with Crippen LogP contribution in [0.2, 0.25) is 0 Å². The molecule has 3 heterocycles. The van der Waals surface area contributed by atoms with Gasteiger partial charge in [0.1, 0.15) is 0 Å². The Morgan fingerprint density at radius 2 is 1.74 bits per heavy atom. The molecular weight excluding hydrogens is 338 g/mol. The number of carbonyl (C=O) groups excluding carboxylic acids is 1. The van der Waals surface area contributed by atoms with Crippen molar-refractivity contribution in [2.45, 2.75) is 19.3 Å². The van der Waals surface area contributed by atoms with Gasteiger partial charge in [-0.15, -0.1) is 10.2 Å². The van der Waals surface area contributed by atoms with E-state index < -0.39 is 0 Å². The van der Waals surface area contributed by atoms with Gasteiger partial charge in [-0.3, -0.25) is 9.78 Å². The van der Waals surface area contributed by atoms with Crippen molar-refractivity contribution in [3.63, 3.8) is 0 Å². The number of rotatable bonds is 4. The fourth-order valence-electron chi connectivity index (χ4n) is 3.20. The number of anilines is 2. The highest BCUT2D eigenvalue weighted by molar-refractivity contribution is 6.04. The zero-order chi connectivity index (χ0) is 18.5. The third-order valence-corrected chi connectivity index (χ3v) is 4.69. The molecule has 136 valence electrons. The lowest BCUT2D eigenvalue weighted by molar-refractivity contribution is 0.102. The first kappa shape index (κ1) is 17.1. The lowest BCUT2D eigenvalue weighted by atomic mass is 10.1. The molecule has 6 heteroatoms. The summed E-state index contributed by atoms with van der Waals surface area (Å²) in [5.41, 5.74) is 3.04. The van der Waals surface area contributed by atoms with E-state index in [0.29, 0.717) is 5.56 Å². The SMILES string of the molecule is O=C(Nc1ccc(-c2ccc(N3CCCCC3)nn2)cc1)c1cccnc1. The van der Waals surface area contributed by atoms with Gasteiger partial charge in [-0.2, -0.15) is 0 Å². The molecule has 2 aromatic heterocycles. The first-order valence-electron chi connectivity index (χ1n) is 9.20. The Morgan fingerprint density at radius 1 is 0.926 bits per heavy atom. The van der Waals surface area contributed by atoms with E-state index in [0.717, 1.165) is 35.9 Å². The second kappa shape index (κ2) is 7.95. The molecule has 1 aliphatic rings. The van der Waals surface area contributed by atoms with E-state index >= 15 is 0 Å². The largest absolute Gasteiger partial charge is 0.355 e. The van der Waals surface area contributed by atoms with Crippen LogP contribution in [-0.4, -0.2) is 34.2 Å². The molecule has 0 unspecified atom stereocenters. The number of nitrogens with one attached hydrogen (secondary N) is 1. The Labute approximate surface area is 158 Å². The van der Waals surface area contributed by atoms with Gasteiger partial charge in [0.05, 0.1) is 11.3 Å². The molecule has 1 amide bonds.